The number of rotatable bonds is 3. The van der Waals surface area contributed by atoms with Crippen molar-refractivity contribution in [1.29, 1.82) is 0 Å². The summed E-state index contributed by atoms with van der Waals surface area (Å²) in [5.41, 5.74) is 6.33. The maximum Gasteiger partial charge on any atom is 0.0898 e. The first-order chi connectivity index (χ1) is 7.65. The number of nitrogens with two attached hydrogens (primary N) is 1. The molecule has 2 rings (SSSR count). The molecule has 5 nitrogen and oxygen atoms in total. The Labute approximate surface area is 96.2 Å². The van der Waals surface area contributed by atoms with E-state index in [0.29, 0.717) is 11.7 Å². The fourth-order valence-corrected chi connectivity index (χ4v) is 2.01. The maximum atomic E-state index is 5.73. The van der Waals surface area contributed by atoms with Crippen LogP contribution in [0.1, 0.15) is 13.8 Å². The quantitative estimate of drug-likeness (QED) is 0.815. The Morgan fingerprint density at radius 3 is 3.06 bits per heavy atom. The van der Waals surface area contributed by atoms with Crippen LogP contribution in [0.25, 0.3) is 0 Å². The van der Waals surface area contributed by atoms with Crippen molar-refractivity contribution in [2.45, 2.75) is 32.5 Å². The molecule has 2 N–H and O–H groups in total. The molecule has 1 aromatic rings. The highest BCUT2D eigenvalue weighted by Gasteiger charge is 2.22. The first-order valence-corrected chi connectivity index (χ1v) is 5.78. The fourth-order valence-electron chi connectivity index (χ4n) is 2.01. The van der Waals surface area contributed by atoms with Crippen LogP contribution in [0.2, 0.25) is 0 Å². The number of aromatic nitrogens is 2. The van der Waals surface area contributed by atoms with Crippen molar-refractivity contribution >= 4 is 5.69 Å². The summed E-state index contributed by atoms with van der Waals surface area (Å²) in [6.07, 6.45) is 3.73. The molecule has 16 heavy (non-hydrogen) atoms. The van der Waals surface area contributed by atoms with Gasteiger partial charge in [-0.05, 0) is 13.8 Å². The van der Waals surface area contributed by atoms with E-state index in [9.17, 15) is 0 Å². The van der Waals surface area contributed by atoms with Crippen LogP contribution >= 0.6 is 0 Å². The minimum Gasteiger partial charge on any atom is -0.396 e. The van der Waals surface area contributed by atoms with Gasteiger partial charge < -0.3 is 10.5 Å². The molecule has 0 amide bonds. The predicted octanol–water partition coefficient (Wildman–Crippen LogP) is 0.575. The van der Waals surface area contributed by atoms with Crippen LogP contribution in [0, 0.1) is 0 Å². The van der Waals surface area contributed by atoms with Crippen LogP contribution in [0.4, 0.5) is 5.69 Å². The van der Waals surface area contributed by atoms with Gasteiger partial charge in [0.2, 0.25) is 0 Å². The van der Waals surface area contributed by atoms with Crippen LogP contribution in [0.5, 0.6) is 0 Å². The number of nitrogen functional groups attached to an aromatic ring is 1. The lowest BCUT2D eigenvalue weighted by atomic mass is 10.2. The van der Waals surface area contributed by atoms with Crippen molar-refractivity contribution in [2.75, 3.05) is 25.4 Å². The molecular weight excluding hydrogens is 204 g/mol. The van der Waals surface area contributed by atoms with Gasteiger partial charge in [0.25, 0.3) is 0 Å². The molecule has 0 saturated carbocycles. The van der Waals surface area contributed by atoms with Crippen LogP contribution in [0.15, 0.2) is 12.4 Å². The largest absolute Gasteiger partial charge is 0.396 e. The lowest BCUT2D eigenvalue weighted by Crippen LogP contribution is -2.47. The van der Waals surface area contributed by atoms with E-state index in [1.54, 1.807) is 6.20 Å². The minimum absolute atomic E-state index is 0.218. The molecule has 0 aromatic carbocycles. The van der Waals surface area contributed by atoms with Crippen molar-refractivity contribution < 1.29 is 4.74 Å². The van der Waals surface area contributed by atoms with Gasteiger partial charge in [0.15, 0.2) is 0 Å². The molecule has 90 valence electrons. The van der Waals surface area contributed by atoms with Crippen molar-refractivity contribution in [1.82, 2.24) is 14.7 Å². The summed E-state index contributed by atoms with van der Waals surface area (Å²) >= 11 is 0. The smallest absolute Gasteiger partial charge is 0.0898 e. The topological polar surface area (TPSA) is 56.3 Å². The van der Waals surface area contributed by atoms with Gasteiger partial charge in [0.1, 0.15) is 0 Å². The summed E-state index contributed by atoms with van der Waals surface area (Å²) in [7, 11) is 0. The molecule has 0 aliphatic carbocycles. The second-order valence-electron chi connectivity index (χ2n) is 4.58. The molecule has 1 aliphatic rings. The van der Waals surface area contributed by atoms with E-state index < -0.39 is 0 Å². The zero-order valence-corrected chi connectivity index (χ0v) is 9.97. The molecule has 1 saturated heterocycles. The fraction of sp³-hybridized carbons (Fsp3) is 0.727. The molecule has 0 bridgehead atoms. The molecule has 0 radical (unpaired) electrons. The van der Waals surface area contributed by atoms with Crippen LogP contribution < -0.4 is 5.73 Å². The highest BCUT2D eigenvalue weighted by atomic mass is 16.5. The maximum absolute atomic E-state index is 5.73. The van der Waals surface area contributed by atoms with Crippen molar-refractivity contribution in [2.24, 2.45) is 0 Å². The molecule has 1 aliphatic heterocycles. The Morgan fingerprint density at radius 2 is 2.44 bits per heavy atom. The first kappa shape index (κ1) is 11.4. The lowest BCUT2D eigenvalue weighted by Gasteiger charge is -2.35. The highest BCUT2D eigenvalue weighted by Crippen LogP contribution is 2.11. The second-order valence-corrected chi connectivity index (χ2v) is 4.58. The summed E-state index contributed by atoms with van der Waals surface area (Å²) in [5, 5.41) is 4.17. The molecule has 2 heterocycles. The Balaban J connectivity index is 1.90. The van der Waals surface area contributed by atoms with Crippen LogP contribution in [-0.4, -0.2) is 46.5 Å². The van der Waals surface area contributed by atoms with Gasteiger partial charge in [0, 0.05) is 25.3 Å². The van der Waals surface area contributed by atoms with Gasteiger partial charge in [0.05, 0.1) is 31.1 Å². The molecule has 1 unspecified atom stereocenters. The molecule has 0 spiro atoms. The van der Waals surface area contributed by atoms with Crippen LogP contribution in [0.3, 0.4) is 0 Å². The van der Waals surface area contributed by atoms with Crippen LogP contribution in [-0.2, 0) is 11.3 Å². The lowest BCUT2D eigenvalue weighted by molar-refractivity contribution is -0.0469. The third-order valence-electron chi connectivity index (χ3n) is 2.94. The highest BCUT2D eigenvalue weighted by molar-refractivity contribution is 5.30. The SMILES string of the molecule is CC(C)N1CCOC(Cn2cc(N)cn2)C1. The Kier molecular flexibility index (Phi) is 3.46. The normalized spacial score (nSPS) is 22.8. The van der Waals surface area contributed by atoms with Crippen molar-refractivity contribution in [3.05, 3.63) is 12.4 Å². The van der Waals surface area contributed by atoms with Crippen molar-refractivity contribution in [3.63, 3.8) is 0 Å². The first-order valence-electron chi connectivity index (χ1n) is 5.78. The summed E-state index contributed by atoms with van der Waals surface area (Å²) in [4.78, 5) is 2.43. The van der Waals surface area contributed by atoms with E-state index in [0.717, 1.165) is 26.2 Å². The Bertz CT molecular complexity index is 336. The zero-order chi connectivity index (χ0) is 11.5. The second kappa shape index (κ2) is 4.84. The van der Waals surface area contributed by atoms with Gasteiger partial charge >= 0.3 is 0 Å². The molecule has 5 heteroatoms. The Hall–Kier alpha value is -1.07. The molecule has 1 aromatic heterocycles. The average molecular weight is 224 g/mol. The third-order valence-corrected chi connectivity index (χ3v) is 2.94. The number of morpholine rings is 1. The summed E-state index contributed by atoms with van der Waals surface area (Å²) in [5.74, 6) is 0. The van der Waals surface area contributed by atoms with E-state index in [2.05, 4.69) is 23.8 Å². The molecule has 1 fully saturated rings. The summed E-state index contributed by atoms with van der Waals surface area (Å²) in [6.45, 7) is 8.01. The number of ether oxygens (including phenoxy) is 1. The molecular formula is C11H20N4O. The van der Waals surface area contributed by atoms with E-state index in [4.69, 9.17) is 10.5 Å². The van der Waals surface area contributed by atoms with Gasteiger partial charge in [-0.3, -0.25) is 9.58 Å². The third kappa shape index (κ3) is 2.74. The number of anilines is 1. The number of hydrogen-bond donors (Lipinski definition) is 1. The summed E-state index contributed by atoms with van der Waals surface area (Å²) < 4.78 is 7.58. The van der Waals surface area contributed by atoms with E-state index in [1.807, 2.05) is 10.9 Å². The van der Waals surface area contributed by atoms with Gasteiger partial charge in [-0.15, -0.1) is 0 Å². The number of hydrogen-bond acceptors (Lipinski definition) is 4. The monoisotopic (exact) mass is 224 g/mol. The minimum atomic E-state index is 0.218. The van der Waals surface area contributed by atoms with Crippen molar-refractivity contribution in [3.8, 4) is 0 Å². The van der Waals surface area contributed by atoms with Gasteiger partial charge in [-0.1, -0.05) is 0 Å². The Morgan fingerprint density at radius 1 is 1.62 bits per heavy atom. The average Bonchev–Trinajstić information content (AvgIpc) is 2.64. The van der Waals surface area contributed by atoms with E-state index in [1.165, 1.54) is 0 Å². The van der Waals surface area contributed by atoms with E-state index >= 15 is 0 Å². The number of nitrogens with zero attached hydrogens (tertiary/aromatic N) is 3. The van der Waals surface area contributed by atoms with Gasteiger partial charge in [-0.25, -0.2) is 0 Å². The zero-order valence-electron chi connectivity index (χ0n) is 9.97. The predicted molar refractivity (Wildman–Crippen MR) is 63.1 cm³/mol. The standard InChI is InChI=1S/C11H20N4O/c1-9(2)14-3-4-16-11(7-14)8-15-6-10(12)5-13-15/h5-6,9,11H,3-4,7-8,12H2,1-2H3. The molecule has 1 atom stereocenters. The van der Waals surface area contributed by atoms with E-state index in [-0.39, 0.29) is 6.10 Å². The summed E-state index contributed by atoms with van der Waals surface area (Å²) in [6, 6.07) is 0.578. The van der Waals surface area contributed by atoms with Gasteiger partial charge in [-0.2, -0.15) is 5.10 Å².